The number of hydrogen-bond donors (Lipinski definition) is 2. The van der Waals surface area contributed by atoms with Gasteiger partial charge in [-0.15, -0.1) is 0 Å². The molecule has 3 rings (SSSR count). The molecule has 0 amide bonds. The third kappa shape index (κ3) is 2.32. The van der Waals surface area contributed by atoms with E-state index in [0.29, 0.717) is 10.8 Å². The predicted molar refractivity (Wildman–Crippen MR) is 82.6 cm³/mol. The third-order valence-corrected chi connectivity index (χ3v) is 3.40. The number of hydrogen-bond acceptors (Lipinski definition) is 3. The molecule has 4 N–H and O–H groups in total. The van der Waals surface area contributed by atoms with Crippen LogP contribution < -0.4 is 11.6 Å². The van der Waals surface area contributed by atoms with E-state index in [2.05, 4.69) is 4.98 Å². The summed E-state index contributed by atoms with van der Waals surface area (Å²) in [5.41, 5.74) is 7.25. The zero-order chi connectivity index (χ0) is 15.0. The summed E-state index contributed by atoms with van der Waals surface area (Å²) < 4.78 is 15.2. The summed E-state index contributed by atoms with van der Waals surface area (Å²) in [6, 6.07) is 13.5. The number of nitrogen functional groups attached to an aromatic ring is 2. The number of nitrogens with two attached hydrogens (primary N) is 2. The Balaban J connectivity index is 2.20. The highest BCUT2D eigenvalue weighted by molar-refractivity contribution is 6.30. The molecule has 0 radical (unpaired) electrons. The van der Waals surface area contributed by atoms with Crippen molar-refractivity contribution < 1.29 is 4.39 Å². The lowest BCUT2D eigenvalue weighted by atomic mass is 10.1. The van der Waals surface area contributed by atoms with Crippen LogP contribution in [0, 0.1) is 5.82 Å². The second-order valence-corrected chi connectivity index (χ2v) is 4.97. The lowest BCUT2D eigenvalue weighted by Crippen LogP contribution is -2.13. The molecule has 0 saturated heterocycles. The molecule has 1 heterocycles. The van der Waals surface area contributed by atoms with E-state index in [1.807, 2.05) is 30.3 Å². The summed E-state index contributed by atoms with van der Waals surface area (Å²) in [6.45, 7) is 0. The highest BCUT2D eigenvalue weighted by Gasteiger charge is 2.18. The van der Waals surface area contributed by atoms with Gasteiger partial charge in [-0.25, -0.2) is 14.1 Å². The van der Waals surface area contributed by atoms with Gasteiger partial charge in [0, 0.05) is 16.1 Å². The van der Waals surface area contributed by atoms with Gasteiger partial charge >= 0.3 is 0 Å². The standard InChI is InChI=1S/C15H12ClFN4/c16-10-6-7-12(17)11(8-10)13-14(18)21(19)15(20-13)9-4-2-1-3-5-9/h1-8H,18-19H2. The quantitative estimate of drug-likeness (QED) is 0.714. The Morgan fingerprint density at radius 3 is 2.52 bits per heavy atom. The van der Waals surface area contributed by atoms with Crippen molar-refractivity contribution in [1.29, 1.82) is 0 Å². The Labute approximate surface area is 125 Å². The highest BCUT2D eigenvalue weighted by Crippen LogP contribution is 2.32. The van der Waals surface area contributed by atoms with Crippen LogP contribution in [0.3, 0.4) is 0 Å². The minimum atomic E-state index is -0.455. The average Bonchev–Trinajstić information content (AvgIpc) is 2.79. The maximum absolute atomic E-state index is 14.0. The van der Waals surface area contributed by atoms with Crippen molar-refractivity contribution in [3.05, 3.63) is 59.4 Å². The van der Waals surface area contributed by atoms with Gasteiger partial charge in [0.25, 0.3) is 0 Å². The van der Waals surface area contributed by atoms with Crippen LogP contribution in [0.25, 0.3) is 22.6 Å². The average molecular weight is 303 g/mol. The predicted octanol–water partition coefficient (Wildman–Crippen LogP) is 3.31. The molecule has 0 saturated carbocycles. The number of nitrogens with zero attached hydrogens (tertiary/aromatic N) is 2. The molecule has 21 heavy (non-hydrogen) atoms. The van der Waals surface area contributed by atoms with Crippen molar-refractivity contribution in [3.63, 3.8) is 0 Å². The van der Waals surface area contributed by atoms with E-state index in [1.165, 1.54) is 22.9 Å². The van der Waals surface area contributed by atoms with Gasteiger partial charge in [-0.05, 0) is 18.2 Å². The molecule has 0 atom stereocenters. The Bertz CT molecular complexity index is 799. The minimum Gasteiger partial charge on any atom is -0.382 e. The molecule has 0 spiro atoms. The van der Waals surface area contributed by atoms with E-state index < -0.39 is 5.82 Å². The van der Waals surface area contributed by atoms with Crippen molar-refractivity contribution in [1.82, 2.24) is 9.66 Å². The molecule has 3 aromatic rings. The SMILES string of the molecule is Nc1c(-c2cc(Cl)ccc2F)nc(-c2ccccc2)n1N. The Morgan fingerprint density at radius 2 is 1.81 bits per heavy atom. The van der Waals surface area contributed by atoms with Crippen molar-refractivity contribution >= 4 is 17.4 Å². The largest absolute Gasteiger partial charge is 0.382 e. The van der Waals surface area contributed by atoms with Gasteiger partial charge in [-0.3, -0.25) is 0 Å². The molecule has 0 bridgehead atoms. The number of benzene rings is 2. The highest BCUT2D eigenvalue weighted by atomic mass is 35.5. The molecule has 6 heteroatoms. The summed E-state index contributed by atoms with van der Waals surface area (Å²) >= 11 is 5.91. The molecular formula is C15H12ClFN4. The lowest BCUT2D eigenvalue weighted by Gasteiger charge is -2.03. The summed E-state index contributed by atoms with van der Waals surface area (Å²) in [4.78, 5) is 4.37. The maximum Gasteiger partial charge on any atom is 0.160 e. The summed E-state index contributed by atoms with van der Waals surface area (Å²) in [5.74, 6) is 6.12. The first-order chi connectivity index (χ1) is 10.1. The van der Waals surface area contributed by atoms with Crippen LogP contribution in [-0.2, 0) is 0 Å². The van der Waals surface area contributed by atoms with Crippen LogP contribution in [0.15, 0.2) is 48.5 Å². The summed E-state index contributed by atoms with van der Waals surface area (Å²) in [6.07, 6.45) is 0. The Hall–Kier alpha value is -2.53. The Kier molecular flexibility index (Phi) is 3.27. The second kappa shape index (κ2) is 5.10. The van der Waals surface area contributed by atoms with Gasteiger partial charge in [0.05, 0.1) is 0 Å². The first kappa shape index (κ1) is 13.5. The van der Waals surface area contributed by atoms with Gasteiger partial charge in [0.2, 0.25) is 0 Å². The van der Waals surface area contributed by atoms with Crippen molar-refractivity contribution in [2.75, 3.05) is 11.6 Å². The fourth-order valence-electron chi connectivity index (χ4n) is 2.11. The van der Waals surface area contributed by atoms with E-state index in [0.717, 1.165) is 5.56 Å². The van der Waals surface area contributed by atoms with Gasteiger partial charge in [0.15, 0.2) is 11.6 Å². The van der Waals surface area contributed by atoms with Crippen LogP contribution in [0.2, 0.25) is 5.02 Å². The summed E-state index contributed by atoms with van der Waals surface area (Å²) in [5, 5.41) is 0.402. The normalized spacial score (nSPS) is 10.8. The first-order valence-corrected chi connectivity index (χ1v) is 6.60. The number of rotatable bonds is 2. The summed E-state index contributed by atoms with van der Waals surface area (Å²) in [7, 11) is 0. The molecule has 0 aliphatic carbocycles. The molecule has 0 unspecified atom stereocenters. The van der Waals surface area contributed by atoms with Gasteiger partial charge in [-0.2, -0.15) is 0 Å². The fraction of sp³-hybridized carbons (Fsp3) is 0. The van der Waals surface area contributed by atoms with Crippen molar-refractivity contribution in [2.24, 2.45) is 0 Å². The van der Waals surface area contributed by atoms with Crippen molar-refractivity contribution in [2.45, 2.75) is 0 Å². The van der Waals surface area contributed by atoms with Crippen LogP contribution in [0.5, 0.6) is 0 Å². The van der Waals surface area contributed by atoms with E-state index in [4.69, 9.17) is 23.2 Å². The maximum atomic E-state index is 14.0. The lowest BCUT2D eigenvalue weighted by molar-refractivity contribution is 0.631. The van der Waals surface area contributed by atoms with Crippen LogP contribution in [-0.4, -0.2) is 9.66 Å². The van der Waals surface area contributed by atoms with E-state index in [-0.39, 0.29) is 17.1 Å². The van der Waals surface area contributed by atoms with E-state index >= 15 is 0 Å². The zero-order valence-corrected chi connectivity index (χ0v) is 11.7. The topological polar surface area (TPSA) is 69.9 Å². The van der Waals surface area contributed by atoms with Gasteiger partial charge < -0.3 is 11.6 Å². The molecule has 4 nitrogen and oxygen atoms in total. The van der Waals surface area contributed by atoms with Crippen LogP contribution >= 0.6 is 11.6 Å². The van der Waals surface area contributed by atoms with Gasteiger partial charge in [-0.1, -0.05) is 41.9 Å². The monoisotopic (exact) mass is 302 g/mol. The number of halogens is 2. The van der Waals surface area contributed by atoms with E-state index in [9.17, 15) is 4.39 Å². The van der Waals surface area contributed by atoms with Gasteiger partial charge in [0.1, 0.15) is 11.5 Å². The zero-order valence-electron chi connectivity index (χ0n) is 10.9. The van der Waals surface area contributed by atoms with Crippen LogP contribution in [0.1, 0.15) is 0 Å². The second-order valence-electron chi connectivity index (χ2n) is 4.53. The minimum absolute atomic E-state index is 0.176. The molecule has 0 fully saturated rings. The molecule has 106 valence electrons. The Morgan fingerprint density at radius 1 is 1.10 bits per heavy atom. The number of aromatic nitrogens is 2. The number of anilines is 1. The number of imidazole rings is 1. The molecular weight excluding hydrogens is 291 g/mol. The smallest absolute Gasteiger partial charge is 0.160 e. The fourth-order valence-corrected chi connectivity index (χ4v) is 2.29. The molecule has 2 aromatic carbocycles. The third-order valence-electron chi connectivity index (χ3n) is 3.16. The van der Waals surface area contributed by atoms with E-state index in [1.54, 1.807) is 0 Å². The molecule has 0 aliphatic rings. The molecule has 1 aromatic heterocycles. The molecule has 0 aliphatic heterocycles. The van der Waals surface area contributed by atoms with Crippen molar-refractivity contribution in [3.8, 4) is 22.6 Å². The first-order valence-electron chi connectivity index (χ1n) is 6.22. The van der Waals surface area contributed by atoms with Crippen LogP contribution in [0.4, 0.5) is 10.2 Å².